The Balaban J connectivity index is 3.13. The summed E-state index contributed by atoms with van der Waals surface area (Å²) in [5, 5.41) is 9.62. The highest BCUT2D eigenvalue weighted by atomic mass is 16.4. The second kappa shape index (κ2) is 2.58. The molecule has 0 bridgehead atoms. The van der Waals surface area contributed by atoms with Crippen molar-refractivity contribution in [1.82, 2.24) is 0 Å². The Labute approximate surface area is 42.1 Å². The Bertz CT molecular complexity index is 70.1. The van der Waals surface area contributed by atoms with E-state index in [-0.39, 0.29) is 12.5 Å². The summed E-state index contributed by atoms with van der Waals surface area (Å²) < 4.78 is 0. The molecule has 0 unspecified atom stereocenters. The van der Waals surface area contributed by atoms with Crippen LogP contribution in [0.2, 0.25) is 0 Å². The van der Waals surface area contributed by atoms with E-state index in [0.717, 1.165) is 0 Å². The summed E-state index contributed by atoms with van der Waals surface area (Å²) in [5.74, 6) is -1.09. The van der Waals surface area contributed by atoms with E-state index < -0.39 is 5.97 Å². The molecule has 0 aliphatic rings. The molecule has 7 heavy (non-hydrogen) atoms. The Morgan fingerprint density at radius 2 is 2.29 bits per heavy atom. The first-order chi connectivity index (χ1) is 3.13. The van der Waals surface area contributed by atoms with Gasteiger partial charge in [-0.15, -0.1) is 0 Å². The quantitative estimate of drug-likeness (QED) is 0.519. The number of carbonyl (C=O) groups is 1. The molecule has 41 valence electrons. The van der Waals surface area contributed by atoms with E-state index in [1.807, 2.05) is 0 Å². The van der Waals surface area contributed by atoms with Crippen LogP contribution in [-0.4, -0.2) is 12.0 Å². The third-order valence-electron chi connectivity index (χ3n) is 0.489. The topological polar surface area (TPSA) is 63.0 Å². The third-order valence-corrected chi connectivity index (χ3v) is 0.489. The molecule has 0 amide bonds. The molecule has 0 spiro atoms. The monoisotopic (exact) mass is 102 g/mol. The summed E-state index contributed by atoms with van der Waals surface area (Å²) in [5.41, 5.74) is 5.07. The summed E-state index contributed by atoms with van der Waals surface area (Å²) in [7, 11) is 0. The lowest BCUT2D eigenvalue weighted by Crippen LogP contribution is -2.18. The van der Waals surface area contributed by atoms with Crippen LogP contribution in [-0.2, 0) is 9.90 Å². The molecule has 0 fully saturated rings. The zero-order chi connectivity index (χ0) is 5.86. The second-order valence-corrected chi connectivity index (χ2v) is 1.55. The fourth-order valence-corrected chi connectivity index (χ4v) is 0.263. The molecule has 0 saturated heterocycles. The number of hydrogen-bond acceptors (Lipinski definition) is 2. The Hall–Kier alpha value is -0.570. The molecule has 3 heteroatoms. The van der Waals surface area contributed by atoms with Crippen molar-refractivity contribution in [3.05, 3.63) is 0 Å². The van der Waals surface area contributed by atoms with Gasteiger partial charge < -0.3 is 5.73 Å². The van der Waals surface area contributed by atoms with Crippen LogP contribution >= 0.6 is 0 Å². The van der Waals surface area contributed by atoms with Crippen molar-refractivity contribution in [2.75, 3.05) is 0 Å². The van der Waals surface area contributed by atoms with E-state index >= 15 is 0 Å². The summed E-state index contributed by atoms with van der Waals surface area (Å²) in [6.45, 7) is 1.62. The van der Waals surface area contributed by atoms with Gasteiger partial charge in [-0.3, -0.25) is 0 Å². The molecule has 2 N–H and O–H groups in total. The number of hydrogen-bond donors (Lipinski definition) is 1. The zero-order valence-electron chi connectivity index (χ0n) is 4.18. The van der Waals surface area contributed by atoms with Crippen LogP contribution in [0.4, 0.5) is 0 Å². The molecule has 0 saturated carbocycles. The number of carbonyl (C=O) groups excluding carboxylic acids is 1. The van der Waals surface area contributed by atoms with Crippen molar-refractivity contribution in [2.24, 2.45) is 5.73 Å². The molecular weight excluding hydrogens is 94.0 g/mol. The van der Waals surface area contributed by atoms with Crippen LogP contribution in [0.5, 0.6) is 0 Å². The molecule has 1 radical (unpaired) electrons. The van der Waals surface area contributed by atoms with Gasteiger partial charge in [0.2, 0.25) is 0 Å². The molecule has 0 aromatic heterocycles. The molecule has 3 nitrogen and oxygen atoms in total. The smallest absolute Gasteiger partial charge is 0.327 e. The lowest BCUT2D eigenvalue weighted by atomic mass is 10.3. The van der Waals surface area contributed by atoms with Gasteiger partial charge in [0.15, 0.2) is 0 Å². The number of nitrogens with two attached hydrogens (primary N) is 1. The van der Waals surface area contributed by atoms with E-state index in [9.17, 15) is 9.90 Å². The van der Waals surface area contributed by atoms with Crippen LogP contribution in [0, 0.1) is 0 Å². The molecule has 0 aromatic carbocycles. The first-order valence-electron chi connectivity index (χ1n) is 2.08. The van der Waals surface area contributed by atoms with Gasteiger partial charge in [0.25, 0.3) is 0 Å². The van der Waals surface area contributed by atoms with E-state index in [0.29, 0.717) is 0 Å². The zero-order valence-corrected chi connectivity index (χ0v) is 4.18. The first kappa shape index (κ1) is 6.43. The minimum atomic E-state index is -1.09. The van der Waals surface area contributed by atoms with Gasteiger partial charge in [-0.05, 0) is 6.92 Å². The average molecular weight is 102 g/mol. The predicted molar refractivity (Wildman–Crippen MR) is 24.0 cm³/mol. The Morgan fingerprint density at radius 3 is 2.29 bits per heavy atom. The molecule has 1 atom stereocenters. The molecule has 0 aliphatic heterocycles. The van der Waals surface area contributed by atoms with Gasteiger partial charge in [0.05, 0.1) is 6.42 Å². The van der Waals surface area contributed by atoms with E-state index in [1.165, 1.54) is 0 Å². The van der Waals surface area contributed by atoms with Gasteiger partial charge in [-0.2, -0.15) is 0 Å². The minimum Gasteiger partial charge on any atom is -0.327 e. The lowest BCUT2D eigenvalue weighted by molar-refractivity contribution is -0.143. The van der Waals surface area contributed by atoms with Crippen molar-refractivity contribution in [3.63, 3.8) is 0 Å². The molecule has 0 aliphatic carbocycles. The van der Waals surface area contributed by atoms with Crippen LogP contribution < -0.4 is 5.73 Å². The van der Waals surface area contributed by atoms with Gasteiger partial charge in [0, 0.05) is 6.04 Å². The normalized spacial score (nSPS) is 13.4. The van der Waals surface area contributed by atoms with Crippen molar-refractivity contribution >= 4 is 5.97 Å². The van der Waals surface area contributed by atoms with Crippen LogP contribution in [0.3, 0.4) is 0 Å². The fourth-order valence-electron chi connectivity index (χ4n) is 0.263. The molecular formula is C4H8NO2. The van der Waals surface area contributed by atoms with Crippen molar-refractivity contribution in [3.8, 4) is 0 Å². The maximum atomic E-state index is 9.62. The first-order valence-corrected chi connectivity index (χ1v) is 2.08. The van der Waals surface area contributed by atoms with E-state index in [4.69, 9.17) is 5.73 Å². The minimum absolute atomic E-state index is 0.0556. The highest BCUT2D eigenvalue weighted by Gasteiger charge is 2.01. The number of rotatable bonds is 2. The summed E-state index contributed by atoms with van der Waals surface area (Å²) in [6.07, 6.45) is -0.0556. The predicted octanol–water partition coefficient (Wildman–Crippen LogP) is -0.319. The maximum absolute atomic E-state index is 9.62. The van der Waals surface area contributed by atoms with Crippen molar-refractivity contribution < 1.29 is 9.90 Å². The van der Waals surface area contributed by atoms with Gasteiger partial charge >= 0.3 is 5.97 Å². The van der Waals surface area contributed by atoms with Crippen molar-refractivity contribution in [1.29, 1.82) is 0 Å². The molecule has 0 aromatic rings. The SMILES string of the molecule is C[C@@H](N)CC([O])=O. The fraction of sp³-hybridized carbons (Fsp3) is 0.750. The Kier molecular flexibility index (Phi) is 2.37. The average Bonchev–Trinajstić information content (AvgIpc) is 1.27. The Morgan fingerprint density at radius 1 is 1.86 bits per heavy atom. The van der Waals surface area contributed by atoms with E-state index in [2.05, 4.69) is 0 Å². The van der Waals surface area contributed by atoms with Crippen LogP contribution in [0.1, 0.15) is 13.3 Å². The highest BCUT2D eigenvalue weighted by Crippen LogP contribution is 1.82. The van der Waals surface area contributed by atoms with Gasteiger partial charge in [-0.25, -0.2) is 9.90 Å². The van der Waals surface area contributed by atoms with Crippen molar-refractivity contribution in [2.45, 2.75) is 19.4 Å². The highest BCUT2D eigenvalue weighted by molar-refractivity contribution is 5.66. The largest absolute Gasteiger partial charge is 0.357 e. The standard InChI is InChI=1S/C4H8NO2/c1-3(5)2-4(6)7/h3H,2,5H2,1H3/t3-/m1/s1. The van der Waals surface area contributed by atoms with Gasteiger partial charge in [0.1, 0.15) is 0 Å². The molecule has 0 rings (SSSR count). The summed E-state index contributed by atoms with van der Waals surface area (Å²) in [4.78, 5) is 9.62. The van der Waals surface area contributed by atoms with Gasteiger partial charge in [-0.1, -0.05) is 0 Å². The van der Waals surface area contributed by atoms with E-state index in [1.54, 1.807) is 6.92 Å². The van der Waals surface area contributed by atoms with Crippen LogP contribution in [0.25, 0.3) is 0 Å². The third kappa shape index (κ3) is 5.43. The summed E-state index contributed by atoms with van der Waals surface area (Å²) >= 11 is 0. The summed E-state index contributed by atoms with van der Waals surface area (Å²) in [6, 6.07) is -0.287. The lowest BCUT2D eigenvalue weighted by Gasteiger charge is -1.93. The maximum Gasteiger partial charge on any atom is 0.357 e. The second-order valence-electron chi connectivity index (χ2n) is 1.55. The van der Waals surface area contributed by atoms with Crippen LogP contribution in [0.15, 0.2) is 0 Å². The molecule has 0 heterocycles.